The van der Waals surface area contributed by atoms with Gasteiger partial charge in [-0.15, -0.1) is 10.2 Å². The van der Waals surface area contributed by atoms with E-state index in [2.05, 4.69) is 15.1 Å². The Kier molecular flexibility index (Phi) is 3.52. The lowest BCUT2D eigenvalue weighted by atomic mass is 10.1. The number of ether oxygens (including phenoxy) is 1. The van der Waals surface area contributed by atoms with E-state index in [1.54, 1.807) is 6.33 Å². The Morgan fingerprint density at radius 3 is 3.12 bits per heavy atom. The summed E-state index contributed by atoms with van der Waals surface area (Å²) in [5.41, 5.74) is 5.85. The van der Waals surface area contributed by atoms with Crippen molar-refractivity contribution in [3.8, 4) is 0 Å². The normalized spacial score (nSPS) is 24.6. The molecule has 1 saturated heterocycles. The molecule has 1 aromatic heterocycles. The van der Waals surface area contributed by atoms with Crippen LogP contribution in [0.2, 0.25) is 0 Å². The lowest BCUT2D eigenvalue weighted by molar-refractivity contribution is -0.0412. The van der Waals surface area contributed by atoms with Crippen LogP contribution in [0.4, 0.5) is 0 Å². The molecule has 6 heteroatoms. The predicted molar refractivity (Wildman–Crippen MR) is 59.7 cm³/mol. The van der Waals surface area contributed by atoms with Crippen molar-refractivity contribution in [2.24, 2.45) is 12.8 Å². The molecule has 0 saturated carbocycles. The summed E-state index contributed by atoms with van der Waals surface area (Å²) >= 11 is 0. The molecule has 2 atom stereocenters. The number of aryl methyl sites for hydroxylation is 1. The van der Waals surface area contributed by atoms with Crippen molar-refractivity contribution in [3.63, 3.8) is 0 Å². The van der Waals surface area contributed by atoms with Gasteiger partial charge in [-0.05, 0) is 6.92 Å². The molecule has 90 valence electrons. The molecule has 0 radical (unpaired) electrons. The van der Waals surface area contributed by atoms with Crippen molar-refractivity contribution >= 4 is 0 Å². The first kappa shape index (κ1) is 11.5. The maximum absolute atomic E-state index is 5.85. The van der Waals surface area contributed by atoms with Crippen LogP contribution in [0.3, 0.4) is 0 Å². The van der Waals surface area contributed by atoms with E-state index in [9.17, 15) is 0 Å². The SMILES string of the molecule is CC(N)C1CN(Cc2nncn2C)CCO1. The minimum atomic E-state index is 0.0716. The molecule has 0 aromatic carbocycles. The number of nitrogens with two attached hydrogens (primary N) is 1. The molecule has 0 amide bonds. The Balaban J connectivity index is 1.93. The Morgan fingerprint density at radius 1 is 1.69 bits per heavy atom. The van der Waals surface area contributed by atoms with Crippen LogP contribution in [0.1, 0.15) is 12.7 Å². The molecule has 0 aliphatic carbocycles. The van der Waals surface area contributed by atoms with Gasteiger partial charge in [0, 0.05) is 26.2 Å². The van der Waals surface area contributed by atoms with Crippen molar-refractivity contribution in [1.29, 1.82) is 0 Å². The summed E-state index contributed by atoms with van der Waals surface area (Å²) in [5, 5.41) is 7.95. The third-order valence-electron chi connectivity index (χ3n) is 2.93. The van der Waals surface area contributed by atoms with Crippen LogP contribution in [0, 0.1) is 0 Å². The van der Waals surface area contributed by atoms with E-state index in [4.69, 9.17) is 10.5 Å². The number of hydrogen-bond donors (Lipinski definition) is 1. The van der Waals surface area contributed by atoms with Crippen LogP contribution in [-0.4, -0.2) is 51.5 Å². The number of morpholine rings is 1. The maximum Gasteiger partial charge on any atom is 0.146 e. The maximum atomic E-state index is 5.85. The lowest BCUT2D eigenvalue weighted by Gasteiger charge is -2.34. The van der Waals surface area contributed by atoms with Gasteiger partial charge in [0.2, 0.25) is 0 Å². The molecule has 1 fully saturated rings. The van der Waals surface area contributed by atoms with Crippen LogP contribution >= 0.6 is 0 Å². The van der Waals surface area contributed by atoms with Crippen LogP contribution in [0.5, 0.6) is 0 Å². The third kappa shape index (κ3) is 2.58. The summed E-state index contributed by atoms with van der Waals surface area (Å²) in [6, 6.07) is 0.0716. The van der Waals surface area contributed by atoms with E-state index in [1.807, 2.05) is 18.5 Å². The zero-order valence-electron chi connectivity index (χ0n) is 9.83. The van der Waals surface area contributed by atoms with Crippen molar-refractivity contribution in [3.05, 3.63) is 12.2 Å². The van der Waals surface area contributed by atoms with Gasteiger partial charge < -0.3 is 15.0 Å². The zero-order valence-corrected chi connectivity index (χ0v) is 9.83. The fraction of sp³-hybridized carbons (Fsp3) is 0.800. The van der Waals surface area contributed by atoms with Gasteiger partial charge in [0.25, 0.3) is 0 Å². The van der Waals surface area contributed by atoms with Gasteiger partial charge in [0.15, 0.2) is 0 Å². The molecular formula is C10H19N5O. The van der Waals surface area contributed by atoms with E-state index in [-0.39, 0.29) is 12.1 Å². The Bertz CT molecular complexity index is 338. The van der Waals surface area contributed by atoms with Crippen LogP contribution in [0.15, 0.2) is 6.33 Å². The molecule has 16 heavy (non-hydrogen) atoms. The summed E-state index contributed by atoms with van der Waals surface area (Å²) in [4.78, 5) is 2.31. The van der Waals surface area contributed by atoms with Gasteiger partial charge in [-0.1, -0.05) is 0 Å². The van der Waals surface area contributed by atoms with Crippen molar-refractivity contribution in [1.82, 2.24) is 19.7 Å². The molecule has 1 aromatic rings. The minimum absolute atomic E-state index is 0.0716. The predicted octanol–water partition coefficient (Wildman–Crippen LogP) is -0.637. The van der Waals surface area contributed by atoms with Gasteiger partial charge in [-0.25, -0.2) is 0 Å². The van der Waals surface area contributed by atoms with Gasteiger partial charge in [0.1, 0.15) is 12.2 Å². The number of rotatable bonds is 3. The van der Waals surface area contributed by atoms with Gasteiger partial charge in [-0.2, -0.15) is 0 Å². The van der Waals surface area contributed by atoms with Gasteiger partial charge in [0.05, 0.1) is 19.3 Å². The first-order chi connectivity index (χ1) is 7.66. The molecule has 2 heterocycles. The summed E-state index contributed by atoms with van der Waals surface area (Å²) in [5.74, 6) is 0.977. The average molecular weight is 225 g/mol. The van der Waals surface area contributed by atoms with Gasteiger partial charge >= 0.3 is 0 Å². The van der Waals surface area contributed by atoms with E-state index < -0.39 is 0 Å². The molecule has 0 bridgehead atoms. The standard InChI is InChI=1S/C10H19N5O/c1-8(11)9-5-15(3-4-16-9)6-10-13-12-7-14(10)2/h7-9H,3-6,11H2,1-2H3. The monoisotopic (exact) mass is 225 g/mol. The first-order valence-corrected chi connectivity index (χ1v) is 5.59. The largest absolute Gasteiger partial charge is 0.374 e. The lowest BCUT2D eigenvalue weighted by Crippen LogP contribution is -2.49. The Morgan fingerprint density at radius 2 is 2.50 bits per heavy atom. The summed E-state index contributed by atoms with van der Waals surface area (Å²) in [6.45, 7) is 5.32. The quantitative estimate of drug-likeness (QED) is 0.741. The highest BCUT2D eigenvalue weighted by Gasteiger charge is 2.24. The fourth-order valence-corrected chi connectivity index (χ4v) is 1.84. The zero-order chi connectivity index (χ0) is 11.5. The molecule has 2 unspecified atom stereocenters. The second kappa shape index (κ2) is 4.90. The highest BCUT2D eigenvalue weighted by molar-refractivity contribution is 4.87. The number of hydrogen-bond acceptors (Lipinski definition) is 5. The van der Waals surface area contributed by atoms with E-state index >= 15 is 0 Å². The van der Waals surface area contributed by atoms with Crippen LogP contribution < -0.4 is 5.73 Å². The second-order valence-electron chi connectivity index (χ2n) is 4.36. The highest BCUT2D eigenvalue weighted by atomic mass is 16.5. The van der Waals surface area contributed by atoms with Crippen molar-refractivity contribution in [2.45, 2.75) is 25.6 Å². The molecule has 1 aliphatic rings. The molecule has 1 aliphatic heterocycles. The summed E-state index contributed by atoms with van der Waals surface area (Å²) in [7, 11) is 1.96. The molecule has 0 spiro atoms. The Labute approximate surface area is 95.4 Å². The average Bonchev–Trinajstić information content (AvgIpc) is 2.65. The Hall–Kier alpha value is -0.980. The number of aromatic nitrogens is 3. The fourth-order valence-electron chi connectivity index (χ4n) is 1.84. The molecular weight excluding hydrogens is 206 g/mol. The highest BCUT2D eigenvalue weighted by Crippen LogP contribution is 2.10. The van der Waals surface area contributed by atoms with E-state index in [0.717, 1.165) is 32.1 Å². The van der Waals surface area contributed by atoms with Crippen molar-refractivity contribution < 1.29 is 4.74 Å². The number of nitrogens with zero attached hydrogens (tertiary/aromatic N) is 4. The molecule has 2 N–H and O–H groups in total. The summed E-state index contributed by atoms with van der Waals surface area (Å²) < 4.78 is 7.55. The van der Waals surface area contributed by atoms with E-state index in [1.165, 1.54) is 0 Å². The van der Waals surface area contributed by atoms with Gasteiger partial charge in [-0.3, -0.25) is 4.90 Å². The smallest absolute Gasteiger partial charge is 0.146 e. The van der Waals surface area contributed by atoms with E-state index in [0.29, 0.717) is 0 Å². The second-order valence-corrected chi connectivity index (χ2v) is 4.36. The van der Waals surface area contributed by atoms with Crippen molar-refractivity contribution in [2.75, 3.05) is 19.7 Å². The van der Waals surface area contributed by atoms with Crippen LogP contribution in [-0.2, 0) is 18.3 Å². The minimum Gasteiger partial charge on any atom is -0.374 e. The molecule has 6 nitrogen and oxygen atoms in total. The third-order valence-corrected chi connectivity index (χ3v) is 2.93. The topological polar surface area (TPSA) is 69.2 Å². The summed E-state index contributed by atoms with van der Waals surface area (Å²) in [6.07, 6.45) is 1.85. The first-order valence-electron chi connectivity index (χ1n) is 5.59. The molecule has 2 rings (SSSR count). The van der Waals surface area contributed by atoms with Crippen LogP contribution in [0.25, 0.3) is 0 Å².